The zero-order valence-corrected chi connectivity index (χ0v) is 18.5. The van der Waals surface area contributed by atoms with E-state index in [1.54, 1.807) is 12.3 Å². The van der Waals surface area contributed by atoms with Crippen molar-refractivity contribution in [2.24, 2.45) is 5.10 Å². The van der Waals surface area contributed by atoms with Crippen molar-refractivity contribution in [3.63, 3.8) is 0 Å². The number of hydrogen-bond donors (Lipinski definition) is 1. The highest BCUT2D eigenvalue weighted by molar-refractivity contribution is 5.98. The molecule has 0 spiro atoms. The predicted octanol–water partition coefficient (Wildman–Crippen LogP) is 5.97. The van der Waals surface area contributed by atoms with E-state index in [1.165, 1.54) is 10.8 Å². The number of hydrazone groups is 1. The van der Waals surface area contributed by atoms with Crippen LogP contribution < -0.4 is 10.2 Å². The molecule has 0 unspecified atom stereocenters. The molecule has 0 fully saturated rings. The molecule has 1 aromatic heterocycles. The zero-order valence-electron chi connectivity index (χ0n) is 18.5. The van der Waals surface area contributed by atoms with Crippen LogP contribution in [-0.2, 0) is 6.61 Å². The van der Waals surface area contributed by atoms with Crippen molar-refractivity contribution >= 4 is 22.9 Å². The van der Waals surface area contributed by atoms with Gasteiger partial charge in [-0.15, -0.1) is 0 Å². The minimum atomic E-state index is -0.283. The Labute approximate surface area is 197 Å². The predicted molar refractivity (Wildman–Crippen MR) is 136 cm³/mol. The molecule has 5 aromatic rings. The van der Waals surface area contributed by atoms with E-state index in [0.717, 1.165) is 16.8 Å². The number of ether oxygens (including phenoxy) is 1. The van der Waals surface area contributed by atoms with Gasteiger partial charge in [-0.1, -0.05) is 66.7 Å². The summed E-state index contributed by atoms with van der Waals surface area (Å²) in [4.78, 5) is 12.8. The first-order valence-electron chi connectivity index (χ1n) is 11.0. The minimum absolute atomic E-state index is 0.283. The largest absolute Gasteiger partial charge is 0.488 e. The number of carbonyl (C=O) groups excluding carboxylic acids is 1. The molecule has 5 rings (SSSR count). The summed E-state index contributed by atoms with van der Waals surface area (Å²) >= 11 is 0. The minimum Gasteiger partial charge on any atom is -0.488 e. The average molecular weight is 446 g/mol. The quantitative estimate of drug-likeness (QED) is 0.248. The lowest BCUT2D eigenvalue weighted by Gasteiger charge is -2.11. The van der Waals surface area contributed by atoms with Crippen LogP contribution in [0, 0.1) is 0 Å². The Bertz CT molecular complexity index is 1450. The maximum Gasteiger partial charge on any atom is 0.273 e. The number of nitrogens with one attached hydrogen (secondary N) is 1. The molecule has 0 atom stereocenters. The molecular formula is C29H23N3O2. The summed E-state index contributed by atoms with van der Waals surface area (Å²) in [5.74, 6) is 0.413. The smallest absolute Gasteiger partial charge is 0.273 e. The van der Waals surface area contributed by atoms with Crippen LogP contribution in [0.3, 0.4) is 0 Å². The summed E-state index contributed by atoms with van der Waals surface area (Å²) in [6, 6.07) is 33.3. The number of nitrogens with zero attached hydrogens (tertiary/aromatic N) is 2. The molecule has 1 amide bonds. The fourth-order valence-electron chi connectivity index (χ4n) is 3.90. The van der Waals surface area contributed by atoms with Crippen molar-refractivity contribution < 1.29 is 9.53 Å². The van der Waals surface area contributed by atoms with Gasteiger partial charge in [-0.05, 0) is 52.7 Å². The SMILES string of the molecule is O=C(NN=Cc1ccccc1OCc1cccc2ccccc12)c1ccccc1-n1cccc1. The van der Waals surface area contributed by atoms with E-state index in [-0.39, 0.29) is 5.91 Å². The van der Waals surface area contributed by atoms with Gasteiger partial charge in [-0.25, -0.2) is 5.43 Å². The summed E-state index contributed by atoms with van der Waals surface area (Å²) in [5, 5.41) is 6.55. The summed E-state index contributed by atoms with van der Waals surface area (Å²) < 4.78 is 8.03. The van der Waals surface area contributed by atoms with Crippen molar-refractivity contribution in [1.29, 1.82) is 0 Å². The van der Waals surface area contributed by atoms with Crippen molar-refractivity contribution in [3.8, 4) is 11.4 Å². The third-order valence-corrected chi connectivity index (χ3v) is 5.58. The van der Waals surface area contributed by atoms with Crippen LogP contribution in [0.25, 0.3) is 16.5 Å². The van der Waals surface area contributed by atoms with Gasteiger partial charge in [0.1, 0.15) is 12.4 Å². The highest BCUT2D eigenvalue weighted by Crippen LogP contribution is 2.22. The van der Waals surface area contributed by atoms with Crippen LogP contribution in [0.2, 0.25) is 0 Å². The summed E-state index contributed by atoms with van der Waals surface area (Å²) in [6.45, 7) is 0.433. The number of carbonyl (C=O) groups is 1. The number of aromatic nitrogens is 1. The molecule has 1 N–H and O–H groups in total. The van der Waals surface area contributed by atoms with Crippen LogP contribution >= 0.6 is 0 Å². The molecule has 5 nitrogen and oxygen atoms in total. The second kappa shape index (κ2) is 9.88. The van der Waals surface area contributed by atoms with E-state index in [2.05, 4.69) is 34.8 Å². The van der Waals surface area contributed by atoms with Crippen LogP contribution in [0.15, 0.2) is 121 Å². The average Bonchev–Trinajstić information content (AvgIpc) is 3.43. The van der Waals surface area contributed by atoms with E-state index < -0.39 is 0 Å². The lowest BCUT2D eigenvalue weighted by atomic mass is 10.1. The third kappa shape index (κ3) is 4.59. The lowest BCUT2D eigenvalue weighted by molar-refractivity contribution is 0.0955. The molecule has 34 heavy (non-hydrogen) atoms. The van der Waals surface area contributed by atoms with Gasteiger partial charge in [0.2, 0.25) is 0 Å². The summed E-state index contributed by atoms with van der Waals surface area (Å²) in [6.07, 6.45) is 5.41. The van der Waals surface area contributed by atoms with Gasteiger partial charge in [0.25, 0.3) is 5.91 Å². The van der Waals surface area contributed by atoms with Crippen LogP contribution in [0.4, 0.5) is 0 Å². The second-order valence-electron chi connectivity index (χ2n) is 7.77. The molecule has 0 aliphatic heterocycles. The fourth-order valence-corrected chi connectivity index (χ4v) is 3.90. The number of amides is 1. The van der Waals surface area contributed by atoms with E-state index in [0.29, 0.717) is 17.9 Å². The summed E-state index contributed by atoms with van der Waals surface area (Å²) in [5.41, 5.74) is 5.86. The van der Waals surface area contributed by atoms with Crippen molar-refractivity contribution in [2.45, 2.75) is 6.61 Å². The highest BCUT2D eigenvalue weighted by atomic mass is 16.5. The molecule has 0 aliphatic rings. The van der Waals surface area contributed by atoms with E-state index in [9.17, 15) is 4.79 Å². The Kier molecular flexibility index (Phi) is 6.16. The Morgan fingerprint density at radius 1 is 0.824 bits per heavy atom. The molecule has 0 bridgehead atoms. The number of para-hydroxylation sites is 2. The molecular weight excluding hydrogens is 422 g/mol. The monoisotopic (exact) mass is 445 g/mol. The Hall–Kier alpha value is -4.64. The molecule has 5 heteroatoms. The molecule has 0 saturated carbocycles. The van der Waals surface area contributed by atoms with Gasteiger partial charge in [0.15, 0.2) is 0 Å². The summed E-state index contributed by atoms with van der Waals surface area (Å²) in [7, 11) is 0. The first kappa shape index (κ1) is 21.2. The van der Waals surface area contributed by atoms with Crippen molar-refractivity contribution in [2.75, 3.05) is 0 Å². The van der Waals surface area contributed by atoms with Crippen LogP contribution in [0.5, 0.6) is 5.75 Å². The first-order valence-corrected chi connectivity index (χ1v) is 11.0. The second-order valence-corrected chi connectivity index (χ2v) is 7.77. The molecule has 0 aliphatic carbocycles. The van der Waals surface area contributed by atoms with Crippen molar-refractivity contribution in [3.05, 3.63) is 132 Å². The van der Waals surface area contributed by atoms with Crippen molar-refractivity contribution in [1.82, 2.24) is 9.99 Å². The maximum atomic E-state index is 12.8. The van der Waals surface area contributed by atoms with Crippen LogP contribution in [-0.4, -0.2) is 16.7 Å². The van der Waals surface area contributed by atoms with Gasteiger partial charge in [-0.2, -0.15) is 5.10 Å². The van der Waals surface area contributed by atoms with Crippen LogP contribution in [0.1, 0.15) is 21.5 Å². The van der Waals surface area contributed by atoms with E-state index in [4.69, 9.17) is 4.74 Å². The Morgan fingerprint density at radius 3 is 2.47 bits per heavy atom. The van der Waals surface area contributed by atoms with E-state index >= 15 is 0 Å². The lowest BCUT2D eigenvalue weighted by Crippen LogP contribution is -2.19. The van der Waals surface area contributed by atoms with Gasteiger partial charge in [-0.3, -0.25) is 4.79 Å². The maximum absolute atomic E-state index is 12.8. The Balaban J connectivity index is 1.30. The fraction of sp³-hybridized carbons (Fsp3) is 0.0345. The number of rotatable bonds is 7. The molecule has 1 heterocycles. The highest BCUT2D eigenvalue weighted by Gasteiger charge is 2.11. The van der Waals surface area contributed by atoms with E-state index in [1.807, 2.05) is 89.8 Å². The molecule has 4 aromatic carbocycles. The number of benzene rings is 4. The molecule has 166 valence electrons. The number of fused-ring (bicyclic) bond motifs is 1. The standard InChI is InChI=1S/C29H23N3O2/c33-29(26-15-4-5-16-27(26)32-18-7-8-19-32)31-30-20-23-11-2-6-17-28(23)34-21-24-13-9-12-22-10-1-3-14-25(22)24/h1-20H,21H2,(H,31,33). The third-order valence-electron chi connectivity index (χ3n) is 5.58. The molecule has 0 saturated heterocycles. The zero-order chi connectivity index (χ0) is 23.2. The van der Waals surface area contributed by atoms with Gasteiger partial charge < -0.3 is 9.30 Å². The van der Waals surface area contributed by atoms with Gasteiger partial charge >= 0.3 is 0 Å². The Morgan fingerprint density at radius 2 is 1.56 bits per heavy atom. The molecule has 0 radical (unpaired) electrons. The first-order chi connectivity index (χ1) is 16.8. The van der Waals surface area contributed by atoms with Gasteiger partial charge in [0.05, 0.1) is 17.5 Å². The number of hydrogen-bond acceptors (Lipinski definition) is 3. The van der Waals surface area contributed by atoms with Gasteiger partial charge in [0, 0.05) is 18.0 Å². The normalized spacial score (nSPS) is 11.1. The topological polar surface area (TPSA) is 55.6 Å².